The first-order chi connectivity index (χ1) is 17.6. The number of carboxylic acid groups (broad SMARTS) is 1. The van der Waals surface area contributed by atoms with Crippen LogP contribution in [0, 0.1) is 0 Å². The average Bonchev–Trinajstić information content (AvgIpc) is 3.28. The van der Waals surface area contributed by atoms with Gasteiger partial charge in [0.2, 0.25) is 0 Å². The van der Waals surface area contributed by atoms with Crippen molar-refractivity contribution in [2.24, 2.45) is 0 Å². The Balaban J connectivity index is 1.69. The highest BCUT2D eigenvalue weighted by molar-refractivity contribution is 7.92. The van der Waals surface area contributed by atoms with Gasteiger partial charge in [0.15, 0.2) is 11.6 Å². The minimum Gasteiger partial charge on any atom is -0.480 e. The molecule has 2 N–H and O–H groups in total. The molecule has 0 aliphatic heterocycles. The predicted molar refractivity (Wildman–Crippen MR) is 145 cm³/mol. The van der Waals surface area contributed by atoms with E-state index in [1.807, 2.05) is 35.7 Å². The van der Waals surface area contributed by atoms with Crippen LogP contribution in [0.1, 0.15) is 0 Å². The van der Waals surface area contributed by atoms with Crippen LogP contribution in [-0.2, 0) is 14.8 Å². The zero-order valence-corrected chi connectivity index (χ0v) is 22.3. The summed E-state index contributed by atoms with van der Waals surface area (Å²) in [6, 6.07) is 14.2. The molecule has 13 heteroatoms. The van der Waals surface area contributed by atoms with Crippen molar-refractivity contribution in [3.63, 3.8) is 0 Å². The summed E-state index contributed by atoms with van der Waals surface area (Å²) in [6.07, 6.45) is 1.79. The molecule has 194 valence electrons. The monoisotopic (exact) mass is 562 g/mol. The van der Waals surface area contributed by atoms with Crippen molar-refractivity contribution in [3.8, 4) is 5.82 Å². The van der Waals surface area contributed by atoms with Gasteiger partial charge in [0.1, 0.15) is 6.54 Å². The fourth-order valence-corrected chi connectivity index (χ4v) is 5.90. The predicted octanol–water partition coefficient (Wildman–Crippen LogP) is 3.66. The summed E-state index contributed by atoms with van der Waals surface area (Å²) in [7, 11) is -0.467. The Hall–Kier alpha value is -3.38. The van der Waals surface area contributed by atoms with E-state index >= 15 is 0 Å². The summed E-state index contributed by atoms with van der Waals surface area (Å²) in [5.74, 6) is -0.00472. The first-order valence-electron chi connectivity index (χ1n) is 11.1. The number of nitrogens with zero attached hydrogens (tertiary/aromatic N) is 5. The quantitative estimate of drug-likeness (QED) is 0.300. The molecule has 37 heavy (non-hydrogen) atoms. The van der Waals surface area contributed by atoms with Crippen molar-refractivity contribution in [2.45, 2.75) is 4.90 Å². The standard InChI is InChI=1S/C24H24Cl2N6O4S/c1-27-8-10-30(2)22-5-6-23(29-28-22)31-9-7-16-11-19(3-4-21(16)31)32(15-24(33)34)37(35,36)20-13-17(25)12-18(26)14-20/h3-7,9,11-14,27H,8,10,15H2,1-2H3,(H,33,34). The fourth-order valence-electron chi connectivity index (χ4n) is 3.77. The number of aliphatic carboxylic acids is 1. The van der Waals surface area contributed by atoms with Gasteiger partial charge in [-0.3, -0.25) is 13.7 Å². The van der Waals surface area contributed by atoms with E-state index in [9.17, 15) is 18.3 Å². The molecule has 0 unspecified atom stereocenters. The molecule has 0 atom stereocenters. The molecule has 0 aliphatic rings. The molecule has 0 fully saturated rings. The Labute approximate surface area is 224 Å². The molecule has 2 heterocycles. The zero-order valence-electron chi connectivity index (χ0n) is 20.0. The molecule has 2 aromatic carbocycles. The lowest BCUT2D eigenvalue weighted by atomic mass is 10.2. The van der Waals surface area contributed by atoms with Crippen molar-refractivity contribution in [2.75, 3.05) is 42.9 Å². The van der Waals surface area contributed by atoms with E-state index in [2.05, 4.69) is 15.5 Å². The molecular weight excluding hydrogens is 539 g/mol. The lowest BCUT2D eigenvalue weighted by Gasteiger charge is -2.23. The number of sulfonamides is 1. The lowest BCUT2D eigenvalue weighted by Crippen LogP contribution is -2.35. The van der Waals surface area contributed by atoms with Crippen LogP contribution in [0.25, 0.3) is 16.7 Å². The molecule has 10 nitrogen and oxygen atoms in total. The number of hydrogen-bond acceptors (Lipinski definition) is 7. The van der Waals surface area contributed by atoms with Crippen LogP contribution in [0.4, 0.5) is 11.5 Å². The normalized spacial score (nSPS) is 11.6. The largest absolute Gasteiger partial charge is 0.480 e. The Morgan fingerprint density at radius 3 is 2.41 bits per heavy atom. The van der Waals surface area contributed by atoms with Crippen molar-refractivity contribution in [1.29, 1.82) is 0 Å². The van der Waals surface area contributed by atoms with E-state index in [4.69, 9.17) is 23.2 Å². The molecule has 0 saturated carbocycles. The molecule has 0 saturated heterocycles. The SMILES string of the molecule is CNCCN(C)c1ccc(-n2ccc3cc(N(CC(=O)O)S(=O)(=O)c4cc(Cl)cc(Cl)c4)ccc32)nn1. The highest BCUT2D eigenvalue weighted by atomic mass is 35.5. The van der Waals surface area contributed by atoms with E-state index in [0.717, 1.165) is 28.7 Å². The summed E-state index contributed by atoms with van der Waals surface area (Å²) in [4.78, 5) is 13.4. The topological polar surface area (TPSA) is 121 Å². The number of anilines is 2. The maximum atomic E-state index is 13.4. The zero-order chi connectivity index (χ0) is 26.7. The number of carboxylic acids is 1. The van der Waals surface area contributed by atoms with Crippen LogP contribution >= 0.6 is 23.2 Å². The van der Waals surface area contributed by atoms with Gasteiger partial charge in [0, 0.05) is 41.8 Å². The molecule has 4 rings (SSSR count). The second-order valence-electron chi connectivity index (χ2n) is 8.21. The molecule has 0 amide bonds. The third-order valence-corrected chi connectivity index (χ3v) is 7.82. The van der Waals surface area contributed by atoms with E-state index in [1.165, 1.54) is 18.2 Å². The molecule has 0 aliphatic carbocycles. The van der Waals surface area contributed by atoms with Crippen LogP contribution in [0.3, 0.4) is 0 Å². The van der Waals surface area contributed by atoms with E-state index in [1.54, 1.807) is 30.5 Å². The Kier molecular flexibility index (Phi) is 7.88. The maximum Gasteiger partial charge on any atom is 0.324 e. The molecular formula is C24H24Cl2N6O4S. The number of rotatable bonds is 10. The van der Waals surface area contributed by atoms with E-state index in [0.29, 0.717) is 11.2 Å². The Morgan fingerprint density at radius 2 is 1.78 bits per heavy atom. The van der Waals surface area contributed by atoms with Crippen LogP contribution in [0.15, 0.2) is 65.7 Å². The van der Waals surface area contributed by atoms with Crippen molar-refractivity contribution >= 4 is 61.6 Å². The first-order valence-corrected chi connectivity index (χ1v) is 13.3. The second-order valence-corrected chi connectivity index (χ2v) is 10.9. The molecule has 0 bridgehead atoms. The number of benzene rings is 2. The number of carbonyl (C=O) groups is 1. The number of aromatic nitrogens is 3. The third kappa shape index (κ3) is 5.80. The maximum absolute atomic E-state index is 13.4. The van der Waals surface area contributed by atoms with Crippen LogP contribution in [0.2, 0.25) is 10.0 Å². The van der Waals surface area contributed by atoms with Crippen molar-refractivity contribution in [1.82, 2.24) is 20.1 Å². The van der Waals surface area contributed by atoms with E-state index in [-0.39, 0.29) is 20.6 Å². The molecule has 0 spiro atoms. The average molecular weight is 563 g/mol. The van der Waals surface area contributed by atoms with E-state index < -0.39 is 22.5 Å². The number of nitrogens with one attached hydrogen (secondary N) is 1. The van der Waals surface area contributed by atoms with Gasteiger partial charge in [-0.1, -0.05) is 23.2 Å². The lowest BCUT2D eigenvalue weighted by molar-refractivity contribution is -0.135. The Morgan fingerprint density at radius 1 is 1.05 bits per heavy atom. The summed E-state index contributed by atoms with van der Waals surface area (Å²) < 4.78 is 29.4. The minimum absolute atomic E-state index is 0.120. The second kappa shape index (κ2) is 10.9. The number of likely N-dealkylation sites (N-methyl/N-ethyl adjacent to an activating group) is 2. The van der Waals surface area contributed by atoms with Gasteiger partial charge in [0.05, 0.1) is 16.1 Å². The molecule has 4 aromatic rings. The van der Waals surface area contributed by atoms with Gasteiger partial charge in [-0.25, -0.2) is 8.42 Å². The van der Waals surface area contributed by atoms with Gasteiger partial charge in [0.25, 0.3) is 10.0 Å². The van der Waals surface area contributed by atoms with Gasteiger partial charge in [-0.2, -0.15) is 0 Å². The smallest absolute Gasteiger partial charge is 0.324 e. The van der Waals surface area contributed by atoms with Crippen LogP contribution in [-0.4, -0.2) is 68.0 Å². The first kappa shape index (κ1) is 26.7. The van der Waals surface area contributed by atoms with Crippen LogP contribution in [0.5, 0.6) is 0 Å². The van der Waals surface area contributed by atoms with Crippen molar-refractivity contribution in [3.05, 3.63) is 70.8 Å². The van der Waals surface area contributed by atoms with Gasteiger partial charge >= 0.3 is 5.97 Å². The summed E-state index contributed by atoms with van der Waals surface area (Å²) >= 11 is 12.0. The van der Waals surface area contributed by atoms with Gasteiger partial charge < -0.3 is 15.3 Å². The molecule has 0 radical (unpaired) electrons. The third-order valence-electron chi connectivity index (χ3n) is 5.64. The summed E-state index contributed by atoms with van der Waals surface area (Å²) in [5, 5.41) is 22.1. The number of fused-ring (bicyclic) bond motifs is 1. The fraction of sp³-hybridized carbons (Fsp3) is 0.208. The highest BCUT2D eigenvalue weighted by Gasteiger charge is 2.28. The number of halogens is 2. The number of hydrogen-bond donors (Lipinski definition) is 2. The Bertz CT molecular complexity index is 1520. The summed E-state index contributed by atoms with van der Waals surface area (Å²) in [6.45, 7) is 0.799. The van der Waals surface area contributed by atoms with Gasteiger partial charge in [-0.05, 0) is 61.6 Å². The van der Waals surface area contributed by atoms with Crippen LogP contribution < -0.4 is 14.5 Å². The van der Waals surface area contributed by atoms with Crippen molar-refractivity contribution < 1.29 is 18.3 Å². The summed E-state index contributed by atoms with van der Waals surface area (Å²) in [5.41, 5.74) is 0.921. The minimum atomic E-state index is -4.28. The van der Waals surface area contributed by atoms with Gasteiger partial charge in [-0.15, -0.1) is 10.2 Å². The highest BCUT2D eigenvalue weighted by Crippen LogP contribution is 2.31. The molecule has 2 aromatic heterocycles.